The van der Waals surface area contributed by atoms with Gasteiger partial charge in [0.1, 0.15) is 17.1 Å². The zero-order valence-electron chi connectivity index (χ0n) is 17.5. The van der Waals surface area contributed by atoms with Gasteiger partial charge in [0, 0.05) is 24.2 Å². The fraction of sp³-hybridized carbons (Fsp3) is 0.292. The molecule has 1 aliphatic rings. The van der Waals surface area contributed by atoms with Gasteiger partial charge in [0.15, 0.2) is 6.61 Å². The summed E-state index contributed by atoms with van der Waals surface area (Å²) in [6.45, 7) is 2.36. The first-order valence-electron chi connectivity index (χ1n) is 10.3. The lowest BCUT2D eigenvalue weighted by Gasteiger charge is -2.30. The first-order chi connectivity index (χ1) is 15.3. The number of benzene rings is 2. The van der Waals surface area contributed by atoms with Gasteiger partial charge in [-0.05, 0) is 49.6 Å². The van der Waals surface area contributed by atoms with Crippen LogP contribution in [0.1, 0.15) is 18.6 Å². The van der Waals surface area contributed by atoms with Crippen LogP contribution in [0.4, 0.5) is 0 Å². The molecule has 1 saturated heterocycles. The maximum absolute atomic E-state index is 13.1. The maximum atomic E-state index is 13.1. The van der Waals surface area contributed by atoms with Gasteiger partial charge in [0.05, 0.1) is 16.9 Å². The molecule has 1 fully saturated rings. The molecule has 0 spiro atoms. The number of piperidine rings is 1. The van der Waals surface area contributed by atoms with Crippen LogP contribution in [0.25, 0.3) is 22.1 Å². The summed E-state index contributed by atoms with van der Waals surface area (Å²) in [7, 11) is 0. The number of fused-ring (bicyclic) bond motifs is 1. The minimum atomic E-state index is -0.819. The summed E-state index contributed by atoms with van der Waals surface area (Å²) in [5.41, 5.74) is 1.41. The lowest BCUT2D eigenvalue weighted by molar-refractivity contribution is -0.146. The second kappa shape index (κ2) is 9.04. The Balaban J connectivity index is 1.49. The number of carbonyl (C=O) groups is 2. The van der Waals surface area contributed by atoms with Crippen molar-refractivity contribution in [2.75, 3.05) is 19.7 Å². The van der Waals surface area contributed by atoms with Crippen LogP contribution in [0.3, 0.4) is 0 Å². The molecule has 1 N–H and O–H groups in total. The van der Waals surface area contributed by atoms with Crippen LogP contribution in [0.2, 0.25) is 5.02 Å². The van der Waals surface area contributed by atoms with Crippen LogP contribution in [0, 0.1) is 12.8 Å². The van der Waals surface area contributed by atoms with E-state index < -0.39 is 11.9 Å². The largest absolute Gasteiger partial charge is 0.484 e. The van der Waals surface area contributed by atoms with E-state index in [1.165, 1.54) is 0 Å². The molecule has 166 valence electrons. The van der Waals surface area contributed by atoms with E-state index in [4.69, 9.17) is 25.9 Å². The van der Waals surface area contributed by atoms with Crippen LogP contribution in [0.15, 0.2) is 51.7 Å². The van der Waals surface area contributed by atoms with Crippen molar-refractivity contribution in [3.05, 3.63) is 63.5 Å². The van der Waals surface area contributed by atoms with Crippen molar-refractivity contribution in [1.82, 2.24) is 4.90 Å². The maximum Gasteiger partial charge on any atom is 0.306 e. The van der Waals surface area contributed by atoms with Crippen LogP contribution < -0.4 is 10.2 Å². The van der Waals surface area contributed by atoms with E-state index in [2.05, 4.69) is 0 Å². The van der Waals surface area contributed by atoms with Gasteiger partial charge in [0.25, 0.3) is 5.91 Å². The molecule has 1 aliphatic heterocycles. The predicted molar refractivity (Wildman–Crippen MR) is 120 cm³/mol. The monoisotopic (exact) mass is 455 g/mol. The lowest BCUT2D eigenvalue weighted by atomic mass is 9.97. The first kappa shape index (κ1) is 21.9. The number of carboxylic acid groups (broad SMARTS) is 1. The molecule has 1 amide bonds. The molecular weight excluding hydrogens is 434 g/mol. The molecule has 4 rings (SSSR count). The Labute approximate surface area is 189 Å². The molecule has 2 heterocycles. The number of halogens is 1. The van der Waals surface area contributed by atoms with E-state index in [0.717, 1.165) is 5.56 Å². The Morgan fingerprint density at radius 2 is 1.84 bits per heavy atom. The summed E-state index contributed by atoms with van der Waals surface area (Å²) in [5.74, 6) is -0.540. The summed E-state index contributed by atoms with van der Waals surface area (Å²) in [5, 5.41) is 10.1. The highest BCUT2D eigenvalue weighted by atomic mass is 35.5. The third-order valence-electron chi connectivity index (χ3n) is 5.73. The van der Waals surface area contributed by atoms with Crippen molar-refractivity contribution < 1.29 is 23.8 Å². The van der Waals surface area contributed by atoms with E-state index in [1.807, 2.05) is 0 Å². The van der Waals surface area contributed by atoms with Gasteiger partial charge < -0.3 is 19.2 Å². The average Bonchev–Trinajstić information content (AvgIpc) is 2.78. The van der Waals surface area contributed by atoms with Crippen molar-refractivity contribution in [3.63, 3.8) is 0 Å². The minimum absolute atomic E-state index is 0.157. The highest BCUT2D eigenvalue weighted by Gasteiger charge is 2.27. The normalized spacial score (nSPS) is 14.5. The summed E-state index contributed by atoms with van der Waals surface area (Å²) in [4.78, 5) is 38.1. The summed E-state index contributed by atoms with van der Waals surface area (Å²) < 4.78 is 11.5. The number of carbonyl (C=O) groups excluding carboxylic acids is 1. The van der Waals surface area contributed by atoms with Gasteiger partial charge in [-0.1, -0.05) is 23.7 Å². The summed E-state index contributed by atoms with van der Waals surface area (Å²) in [6, 6.07) is 11.8. The van der Waals surface area contributed by atoms with Gasteiger partial charge in [-0.3, -0.25) is 14.4 Å². The highest BCUT2D eigenvalue weighted by molar-refractivity contribution is 6.30. The van der Waals surface area contributed by atoms with Crippen LogP contribution >= 0.6 is 11.6 Å². The van der Waals surface area contributed by atoms with Gasteiger partial charge in [-0.2, -0.15) is 0 Å². The number of nitrogens with zero attached hydrogens (tertiary/aromatic N) is 1. The molecule has 0 saturated carbocycles. The SMILES string of the molecule is Cc1oc2cc(OCC(=O)N3CCC(C(=O)O)CC3)ccc2c(=O)c1-c1ccc(Cl)cc1. The Kier molecular flexibility index (Phi) is 6.19. The molecule has 0 bridgehead atoms. The highest BCUT2D eigenvalue weighted by Crippen LogP contribution is 2.27. The standard InChI is InChI=1S/C24H22ClNO6/c1-14-22(15-2-4-17(25)5-3-15)23(28)19-7-6-18(12-20(19)32-14)31-13-21(27)26-10-8-16(9-11-26)24(29)30/h2-7,12,16H,8-11,13H2,1H3,(H,29,30). The van der Waals surface area contributed by atoms with Gasteiger partial charge >= 0.3 is 5.97 Å². The number of hydrogen-bond donors (Lipinski definition) is 1. The Morgan fingerprint density at radius 1 is 1.16 bits per heavy atom. The molecule has 7 nitrogen and oxygen atoms in total. The smallest absolute Gasteiger partial charge is 0.306 e. The molecule has 0 unspecified atom stereocenters. The summed E-state index contributed by atoms with van der Waals surface area (Å²) >= 11 is 5.95. The first-order valence-corrected chi connectivity index (χ1v) is 10.7. The number of aliphatic carboxylic acids is 1. The summed E-state index contributed by atoms with van der Waals surface area (Å²) in [6.07, 6.45) is 0.884. The van der Waals surface area contributed by atoms with Crippen molar-refractivity contribution >= 4 is 34.4 Å². The van der Waals surface area contributed by atoms with E-state index in [-0.39, 0.29) is 17.9 Å². The second-order valence-electron chi connectivity index (χ2n) is 7.81. The molecule has 0 aliphatic carbocycles. The fourth-order valence-corrected chi connectivity index (χ4v) is 4.06. The number of amides is 1. The van der Waals surface area contributed by atoms with Crippen molar-refractivity contribution in [3.8, 4) is 16.9 Å². The van der Waals surface area contributed by atoms with Gasteiger partial charge in [0.2, 0.25) is 5.43 Å². The molecule has 3 aromatic rings. The fourth-order valence-electron chi connectivity index (χ4n) is 3.94. The molecular formula is C24H22ClNO6. The van der Waals surface area contributed by atoms with E-state index >= 15 is 0 Å². The zero-order chi connectivity index (χ0) is 22.8. The number of hydrogen-bond acceptors (Lipinski definition) is 5. The topological polar surface area (TPSA) is 97.1 Å². The molecule has 2 aromatic carbocycles. The van der Waals surface area contributed by atoms with E-state index in [1.54, 1.807) is 54.3 Å². The number of aryl methyl sites for hydroxylation is 1. The molecule has 8 heteroatoms. The minimum Gasteiger partial charge on any atom is -0.484 e. The zero-order valence-corrected chi connectivity index (χ0v) is 18.2. The Morgan fingerprint density at radius 3 is 2.50 bits per heavy atom. The van der Waals surface area contributed by atoms with Crippen LogP contribution in [0.5, 0.6) is 5.75 Å². The third-order valence-corrected chi connectivity index (χ3v) is 5.98. The van der Waals surface area contributed by atoms with Gasteiger partial charge in [-0.25, -0.2) is 0 Å². The Bertz CT molecular complexity index is 1230. The quantitative estimate of drug-likeness (QED) is 0.621. The number of ether oxygens (including phenoxy) is 1. The number of likely N-dealkylation sites (tertiary alicyclic amines) is 1. The van der Waals surface area contributed by atoms with E-state index in [0.29, 0.717) is 59.0 Å². The molecule has 32 heavy (non-hydrogen) atoms. The number of carboxylic acids is 1. The average molecular weight is 456 g/mol. The Hall–Kier alpha value is -3.32. The van der Waals surface area contributed by atoms with Crippen molar-refractivity contribution in [1.29, 1.82) is 0 Å². The van der Waals surface area contributed by atoms with Crippen LogP contribution in [-0.4, -0.2) is 41.6 Å². The van der Waals surface area contributed by atoms with Crippen molar-refractivity contribution in [2.45, 2.75) is 19.8 Å². The van der Waals surface area contributed by atoms with E-state index in [9.17, 15) is 14.4 Å². The molecule has 0 radical (unpaired) electrons. The lowest BCUT2D eigenvalue weighted by Crippen LogP contribution is -2.42. The second-order valence-corrected chi connectivity index (χ2v) is 8.25. The molecule has 1 aromatic heterocycles. The third kappa shape index (κ3) is 4.48. The molecule has 0 atom stereocenters. The van der Waals surface area contributed by atoms with Gasteiger partial charge in [-0.15, -0.1) is 0 Å². The van der Waals surface area contributed by atoms with Crippen molar-refractivity contribution in [2.24, 2.45) is 5.92 Å². The predicted octanol–water partition coefficient (Wildman–Crippen LogP) is 4.12. The van der Waals surface area contributed by atoms with Crippen LogP contribution in [-0.2, 0) is 9.59 Å². The number of rotatable bonds is 5.